The van der Waals surface area contributed by atoms with Crippen molar-refractivity contribution in [3.05, 3.63) is 83.9 Å². The fraction of sp³-hybridized carbons (Fsp3) is 0.486. The highest BCUT2D eigenvalue weighted by molar-refractivity contribution is 5.89. The van der Waals surface area contributed by atoms with Crippen molar-refractivity contribution in [1.29, 1.82) is 0 Å². The lowest BCUT2D eigenvalue weighted by atomic mass is 10.0. The van der Waals surface area contributed by atoms with E-state index in [1.165, 1.54) is 44.2 Å². The second-order valence-electron chi connectivity index (χ2n) is 11.1. The molecule has 0 spiro atoms. The molecule has 0 heterocycles. The van der Waals surface area contributed by atoms with Gasteiger partial charge < -0.3 is 18.9 Å². The minimum atomic E-state index is -4.63. The molecule has 0 N–H and O–H groups in total. The van der Waals surface area contributed by atoms with Crippen molar-refractivity contribution in [2.24, 2.45) is 0 Å². The van der Waals surface area contributed by atoms with E-state index >= 15 is 0 Å². The quantitative estimate of drug-likeness (QED) is 0.0868. The minimum absolute atomic E-state index is 0.0381. The summed E-state index contributed by atoms with van der Waals surface area (Å²) in [6, 6.07) is 22.1. The molecule has 1 unspecified atom stereocenters. The van der Waals surface area contributed by atoms with Gasteiger partial charge in [0.05, 0.1) is 12.2 Å². The van der Waals surface area contributed by atoms with Crippen LogP contribution < -0.4 is 9.47 Å². The van der Waals surface area contributed by atoms with E-state index in [0.717, 1.165) is 35.5 Å². The van der Waals surface area contributed by atoms with E-state index < -0.39 is 18.2 Å². The van der Waals surface area contributed by atoms with Crippen LogP contribution in [0.1, 0.15) is 94.0 Å². The van der Waals surface area contributed by atoms with Crippen LogP contribution >= 0.6 is 0 Å². The third-order valence-electron chi connectivity index (χ3n) is 7.48. The lowest BCUT2D eigenvalue weighted by Crippen LogP contribution is -2.33. The Labute approximate surface area is 266 Å². The Balaban J connectivity index is 1.42. The first kappa shape index (κ1) is 36.0. The van der Waals surface area contributed by atoms with Crippen LogP contribution in [0.15, 0.2) is 72.8 Å². The predicted molar refractivity (Wildman–Crippen MR) is 172 cm³/mol. The summed E-state index contributed by atoms with van der Waals surface area (Å²) in [5, 5.41) is 0. The van der Waals surface area contributed by atoms with Crippen molar-refractivity contribution >= 4 is 5.97 Å². The lowest BCUT2D eigenvalue weighted by molar-refractivity contribution is -0.206. The van der Waals surface area contributed by atoms with E-state index in [4.69, 9.17) is 18.9 Å². The van der Waals surface area contributed by atoms with E-state index in [1.807, 2.05) is 43.3 Å². The zero-order chi connectivity index (χ0) is 32.3. The van der Waals surface area contributed by atoms with Gasteiger partial charge in [0, 0.05) is 13.2 Å². The Morgan fingerprint density at radius 3 is 1.87 bits per heavy atom. The van der Waals surface area contributed by atoms with Gasteiger partial charge in [0.25, 0.3) is 0 Å². The summed E-state index contributed by atoms with van der Waals surface area (Å²) in [5.41, 5.74) is 3.16. The van der Waals surface area contributed by atoms with Crippen LogP contribution in [0.25, 0.3) is 11.1 Å². The van der Waals surface area contributed by atoms with Crippen molar-refractivity contribution in [3.8, 4) is 22.6 Å². The summed E-state index contributed by atoms with van der Waals surface area (Å²) in [4.78, 5) is 12.4. The average Bonchev–Trinajstić information content (AvgIpc) is 3.04. The second kappa shape index (κ2) is 19.8. The molecule has 0 aromatic heterocycles. The topological polar surface area (TPSA) is 54.0 Å². The molecule has 1 atom stereocenters. The zero-order valence-electron chi connectivity index (χ0n) is 26.6. The van der Waals surface area contributed by atoms with Gasteiger partial charge in [0.1, 0.15) is 18.1 Å². The van der Waals surface area contributed by atoms with Crippen LogP contribution in [0, 0.1) is 0 Å². The van der Waals surface area contributed by atoms with Gasteiger partial charge in [0.2, 0.25) is 0 Å². The average molecular weight is 629 g/mol. The fourth-order valence-corrected chi connectivity index (χ4v) is 4.80. The molecular weight excluding hydrogens is 581 g/mol. The van der Waals surface area contributed by atoms with Gasteiger partial charge >= 0.3 is 12.1 Å². The van der Waals surface area contributed by atoms with Gasteiger partial charge in [-0.15, -0.1) is 0 Å². The predicted octanol–water partition coefficient (Wildman–Crippen LogP) is 10.4. The van der Waals surface area contributed by atoms with Crippen molar-refractivity contribution in [2.75, 3.05) is 19.8 Å². The molecule has 0 aliphatic carbocycles. The summed E-state index contributed by atoms with van der Waals surface area (Å²) in [5.74, 6) is 0.362. The molecule has 0 aliphatic rings. The number of rotatable bonds is 21. The highest BCUT2D eigenvalue weighted by Gasteiger charge is 2.42. The highest BCUT2D eigenvalue weighted by atomic mass is 19.4. The molecular formula is C37H47F3O5. The van der Waals surface area contributed by atoms with E-state index in [-0.39, 0.29) is 12.0 Å². The van der Waals surface area contributed by atoms with Gasteiger partial charge in [-0.1, -0.05) is 81.8 Å². The van der Waals surface area contributed by atoms with Crippen LogP contribution in [0.3, 0.4) is 0 Å². The van der Waals surface area contributed by atoms with Crippen LogP contribution in [-0.4, -0.2) is 38.1 Å². The van der Waals surface area contributed by atoms with E-state index in [9.17, 15) is 18.0 Å². The molecule has 0 radical (unpaired) electrons. The summed E-state index contributed by atoms with van der Waals surface area (Å²) in [6.45, 7) is 6.21. The zero-order valence-corrected chi connectivity index (χ0v) is 26.6. The Morgan fingerprint density at radius 2 is 1.22 bits per heavy atom. The number of unbranched alkanes of at least 4 members (excludes halogenated alkanes) is 7. The van der Waals surface area contributed by atoms with Gasteiger partial charge in [-0.2, -0.15) is 13.2 Å². The summed E-state index contributed by atoms with van der Waals surface area (Å²) in [6.07, 6.45) is 1.90. The van der Waals surface area contributed by atoms with Gasteiger partial charge in [0.15, 0.2) is 6.10 Å². The van der Waals surface area contributed by atoms with E-state index in [1.54, 1.807) is 12.1 Å². The number of alkyl halides is 3. The van der Waals surface area contributed by atoms with Crippen LogP contribution in [0.4, 0.5) is 13.2 Å². The third kappa shape index (κ3) is 13.6. The van der Waals surface area contributed by atoms with Crippen LogP contribution in [0.2, 0.25) is 0 Å². The van der Waals surface area contributed by atoms with Gasteiger partial charge in [-0.05, 0) is 85.7 Å². The van der Waals surface area contributed by atoms with Crippen molar-refractivity contribution in [3.63, 3.8) is 0 Å². The maximum absolute atomic E-state index is 13.5. The lowest BCUT2D eigenvalue weighted by Gasteiger charge is -2.20. The number of benzene rings is 3. The Bertz CT molecular complexity index is 1220. The number of hydrogen-bond donors (Lipinski definition) is 0. The molecule has 45 heavy (non-hydrogen) atoms. The first-order chi connectivity index (χ1) is 21.8. The van der Waals surface area contributed by atoms with E-state index in [0.29, 0.717) is 44.8 Å². The summed E-state index contributed by atoms with van der Waals surface area (Å²) >= 11 is 0. The Hall–Kier alpha value is -3.52. The molecule has 3 aromatic carbocycles. The molecule has 0 fully saturated rings. The molecule has 0 amide bonds. The van der Waals surface area contributed by atoms with Gasteiger partial charge in [-0.25, -0.2) is 4.79 Å². The normalized spacial score (nSPS) is 12.1. The fourth-order valence-electron chi connectivity index (χ4n) is 4.80. The molecule has 8 heteroatoms. The number of halogens is 3. The molecule has 246 valence electrons. The summed E-state index contributed by atoms with van der Waals surface area (Å²) in [7, 11) is 0. The summed E-state index contributed by atoms with van der Waals surface area (Å²) < 4.78 is 62.1. The number of ether oxygens (including phenoxy) is 4. The minimum Gasteiger partial charge on any atom is -0.494 e. The molecule has 0 saturated heterocycles. The monoisotopic (exact) mass is 628 g/mol. The van der Waals surface area contributed by atoms with E-state index in [2.05, 4.69) is 19.1 Å². The molecule has 3 aromatic rings. The van der Waals surface area contributed by atoms with Crippen LogP contribution in [0.5, 0.6) is 11.5 Å². The standard InChI is InChI=1S/C37H47F3O5/c1-3-5-6-7-8-12-27-43-33-22-18-31(19-23-33)30-16-14-29(15-17-30)28-44-34-24-20-32(21-25-34)36(41)45-35(37(38,39)40)13-10-9-11-26-42-4-2/h14-25,35H,3-13,26-28H2,1-2H3. The number of esters is 1. The van der Waals surface area contributed by atoms with Crippen molar-refractivity contribution in [1.82, 2.24) is 0 Å². The molecule has 5 nitrogen and oxygen atoms in total. The van der Waals surface area contributed by atoms with Crippen LogP contribution in [-0.2, 0) is 16.1 Å². The maximum atomic E-state index is 13.5. The highest BCUT2D eigenvalue weighted by Crippen LogP contribution is 2.28. The third-order valence-corrected chi connectivity index (χ3v) is 7.48. The first-order valence-electron chi connectivity index (χ1n) is 16.2. The SMILES string of the molecule is CCCCCCCCOc1ccc(-c2ccc(COc3ccc(C(=O)OC(CCCCCOCC)C(F)(F)F)cc3)cc2)cc1. The maximum Gasteiger partial charge on any atom is 0.425 e. The van der Waals surface area contributed by atoms with Crippen molar-refractivity contribution in [2.45, 2.75) is 96.9 Å². The van der Waals surface area contributed by atoms with Crippen molar-refractivity contribution < 1.29 is 36.9 Å². The molecule has 0 saturated carbocycles. The Morgan fingerprint density at radius 1 is 0.667 bits per heavy atom. The smallest absolute Gasteiger partial charge is 0.425 e. The number of hydrogen-bond acceptors (Lipinski definition) is 5. The molecule has 0 aliphatic heterocycles. The Kier molecular flexibility index (Phi) is 15.8. The number of carbonyl (C=O) groups is 1. The van der Waals surface area contributed by atoms with Gasteiger partial charge in [-0.3, -0.25) is 0 Å². The first-order valence-corrected chi connectivity index (χ1v) is 16.2. The molecule has 0 bridgehead atoms. The number of carbonyl (C=O) groups excluding carboxylic acids is 1. The second-order valence-corrected chi connectivity index (χ2v) is 11.1. The largest absolute Gasteiger partial charge is 0.494 e. The molecule has 3 rings (SSSR count).